The van der Waals surface area contributed by atoms with E-state index in [1.165, 1.54) is 0 Å². The van der Waals surface area contributed by atoms with E-state index >= 15 is 0 Å². The molecule has 2 nitrogen and oxygen atoms in total. The van der Waals surface area contributed by atoms with Gasteiger partial charge in [0.15, 0.2) is 0 Å². The van der Waals surface area contributed by atoms with Crippen LogP contribution >= 0.6 is 0 Å². The van der Waals surface area contributed by atoms with Crippen LogP contribution in [0.2, 0.25) is 0 Å². The lowest BCUT2D eigenvalue weighted by Crippen LogP contribution is -2.26. The molecule has 0 bridgehead atoms. The van der Waals surface area contributed by atoms with Crippen molar-refractivity contribution in [3.05, 3.63) is 42.2 Å². The first kappa shape index (κ1) is 10.6. The van der Waals surface area contributed by atoms with Gasteiger partial charge in [-0.1, -0.05) is 32.0 Å². The Kier molecular flexibility index (Phi) is 4.05. The van der Waals surface area contributed by atoms with Gasteiger partial charge in [-0.05, 0) is 19.1 Å². The van der Waals surface area contributed by atoms with Gasteiger partial charge in [-0.2, -0.15) is 0 Å². The van der Waals surface area contributed by atoms with Crippen molar-refractivity contribution in [3.8, 4) is 5.75 Å². The van der Waals surface area contributed by atoms with E-state index in [1.54, 1.807) is 6.26 Å². The van der Waals surface area contributed by atoms with Gasteiger partial charge in [0, 0.05) is 5.57 Å². The van der Waals surface area contributed by atoms with Crippen LogP contribution in [0.15, 0.2) is 42.2 Å². The van der Waals surface area contributed by atoms with Gasteiger partial charge in [-0.3, -0.25) is 0 Å². The maximum absolute atomic E-state index is 5.47. The van der Waals surface area contributed by atoms with Crippen molar-refractivity contribution in [3.63, 3.8) is 0 Å². The molecule has 1 aliphatic rings. The fraction of sp³-hybridized carbons (Fsp3) is 0.333. The van der Waals surface area contributed by atoms with Crippen molar-refractivity contribution in [1.82, 2.24) is 0 Å². The molecule has 0 aliphatic carbocycles. The number of rotatable bonds is 2. The van der Waals surface area contributed by atoms with Crippen LogP contribution in [0.4, 0.5) is 0 Å². The van der Waals surface area contributed by atoms with E-state index in [4.69, 9.17) is 9.47 Å². The molecule has 76 valence electrons. The molecule has 0 radical (unpaired) electrons. The third-order valence-electron chi connectivity index (χ3n) is 1.74. The second-order valence-electron chi connectivity index (χ2n) is 2.76. The number of ether oxygens (including phenoxy) is 2. The van der Waals surface area contributed by atoms with Crippen LogP contribution in [-0.4, -0.2) is 6.29 Å². The fourth-order valence-corrected chi connectivity index (χ4v) is 1.00. The lowest BCUT2D eigenvalue weighted by molar-refractivity contribution is -0.0387. The lowest BCUT2D eigenvalue weighted by atomic mass is 10.2. The maximum Gasteiger partial charge on any atom is 0.265 e. The lowest BCUT2D eigenvalue weighted by Gasteiger charge is -2.25. The molecule has 1 aliphatic heterocycles. The SMILES string of the molecule is CC.CC1=COC1Oc1ccccc1. The average molecular weight is 192 g/mol. The van der Waals surface area contributed by atoms with Gasteiger partial charge in [-0.15, -0.1) is 0 Å². The zero-order valence-corrected chi connectivity index (χ0v) is 8.86. The molecule has 0 saturated carbocycles. The molecule has 0 aromatic heterocycles. The standard InChI is InChI=1S/C10H10O2.C2H6/c1-8-7-11-10(8)12-9-5-3-2-4-6-9;1-2/h2-7,10H,1H3;1-2H3. The molecule has 1 aromatic rings. The summed E-state index contributed by atoms with van der Waals surface area (Å²) in [5, 5.41) is 0. The average Bonchev–Trinajstić information content (AvgIpc) is 2.28. The zero-order valence-electron chi connectivity index (χ0n) is 8.86. The van der Waals surface area contributed by atoms with E-state index in [0.29, 0.717) is 0 Å². The Hall–Kier alpha value is -1.44. The minimum Gasteiger partial charge on any atom is -0.458 e. The van der Waals surface area contributed by atoms with Gasteiger partial charge in [0.1, 0.15) is 5.75 Å². The summed E-state index contributed by atoms with van der Waals surface area (Å²) in [6.45, 7) is 5.98. The molecule has 1 heterocycles. The molecule has 1 unspecified atom stereocenters. The quantitative estimate of drug-likeness (QED) is 0.715. The van der Waals surface area contributed by atoms with Crippen molar-refractivity contribution in [2.24, 2.45) is 0 Å². The molecule has 14 heavy (non-hydrogen) atoms. The molecule has 1 atom stereocenters. The summed E-state index contributed by atoms with van der Waals surface area (Å²) in [5.41, 5.74) is 1.12. The van der Waals surface area contributed by atoms with Gasteiger partial charge in [0.05, 0.1) is 6.26 Å². The normalized spacial score (nSPS) is 17.9. The van der Waals surface area contributed by atoms with Crippen molar-refractivity contribution in [2.75, 3.05) is 0 Å². The predicted molar refractivity (Wildman–Crippen MR) is 57.0 cm³/mol. The van der Waals surface area contributed by atoms with Gasteiger partial charge < -0.3 is 9.47 Å². The number of hydrogen-bond acceptors (Lipinski definition) is 2. The molecule has 2 heteroatoms. The molecular formula is C12H16O2. The minimum atomic E-state index is -0.174. The second-order valence-corrected chi connectivity index (χ2v) is 2.76. The van der Waals surface area contributed by atoms with Crippen LogP contribution in [0.25, 0.3) is 0 Å². The van der Waals surface area contributed by atoms with E-state index in [0.717, 1.165) is 11.3 Å². The highest BCUT2D eigenvalue weighted by Gasteiger charge is 2.20. The summed E-state index contributed by atoms with van der Waals surface area (Å²) < 4.78 is 10.5. The Balaban J connectivity index is 0.000000461. The zero-order chi connectivity index (χ0) is 10.4. The highest BCUT2D eigenvalue weighted by Crippen LogP contribution is 2.21. The van der Waals surface area contributed by atoms with E-state index < -0.39 is 0 Å². The Labute approximate surface area is 85.2 Å². The van der Waals surface area contributed by atoms with Gasteiger partial charge in [0.25, 0.3) is 6.29 Å². The molecule has 1 aromatic carbocycles. The van der Waals surface area contributed by atoms with Crippen LogP contribution in [-0.2, 0) is 4.74 Å². The first-order chi connectivity index (χ1) is 6.86. The van der Waals surface area contributed by atoms with Crippen LogP contribution in [0, 0.1) is 0 Å². The molecule has 0 saturated heterocycles. The highest BCUT2D eigenvalue weighted by molar-refractivity contribution is 5.23. The molecule has 2 rings (SSSR count). The monoisotopic (exact) mass is 192 g/mol. The predicted octanol–water partition coefficient (Wildman–Crippen LogP) is 3.35. The van der Waals surface area contributed by atoms with Gasteiger partial charge >= 0.3 is 0 Å². The summed E-state index contributed by atoms with van der Waals surface area (Å²) in [6, 6.07) is 9.65. The van der Waals surface area contributed by atoms with Crippen molar-refractivity contribution in [2.45, 2.75) is 27.1 Å². The second kappa shape index (κ2) is 5.32. The molecule has 0 N–H and O–H groups in total. The highest BCUT2D eigenvalue weighted by atomic mass is 16.7. The van der Waals surface area contributed by atoms with E-state index in [2.05, 4.69) is 0 Å². The van der Waals surface area contributed by atoms with Gasteiger partial charge in [-0.25, -0.2) is 0 Å². The fourth-order valence-electron chi connectivity index (χ4n) is 1.00. The van der Waals surface area contributed by atoms with Crippen LogP contribution < -0.4 is 4.74 Å². The Morgan fingerprint density at radius 1 is 1.14 bits per heavy atom. The Morgan fingerprint density at radius 3 is 2.21 bits per heavy atom. The van der Waals surface area contributed by atoms with Crippen LogP contribution in [0.3, 0.4) is 0 Å². The third-order valence-corrected chi connectivity index (χ3v) is 1.74. The third kappa shape index (κ3) is 2.52. The molecule has 0 spiro atoms. The molecular weight excluding hydrogens is 176 g/mol. The topological polar surface area (TPSA) is 18.5 Å². The number of benzene rings is 1. The first-order valence-corrected chi connectivity index (χ1v) is 4.90. The molecule has 0 amide bonds. The van der Waals surface area contributed by atoms with Crippen molar-refractivity contribution >= 4 is 0 Å². The van der Waals surface area contributed by atoms with Crippen molar-refractivity contribution < 1.29 is 9.47 Å². The largest absolute Gasteiger partial charge is 0.458 e. The summed E-state index contributed by atoms with van der Waals surface area (Å²) in [7, 11) is 0. The number of hydrogen-bond donors (Lipinski definition) is 0. The summed E-state index contributed by atoms with van der Waals surface area (Å²) in [5.74, 6) is 0.843. The van der Waals surface area contributed by atoms with Crippen LogP contribution in [0.1, 0.15) is 20.8 Å². The van der Waals surface area contributed by atoms with Crippen LogP contribution in [0.5, 0.6) is 5.75 Å². The van der Waals surface area contributed by atoms with E-state index in [9.17, 15) is 0 Å². The Morgan fingerprint density at radius 2 is 1.79 bits per heavy atom. The summed E-state index contributed by atoms with van der Waals surface area (Å²) in [6.07, 6.45) is 1.53. The first-order valence-electron chi connectivity index (χ1n) is 4.90. The summed E-state index contributed by atoms with van der Waals surface area (Å²) in [4.78, 5) is 0. The smallest absolute Gasteiger partial charge is 0.265 e. The summed E-state index contributed by atoms with van der Waals surface area (Å²) >= 11 is 0. The number of para-hydroxylation sites is 1. The Bertz CT molecular complexity index is 290. The maximum atomic E-state index is 5.47. The van der Waals surface area contributed by atoms with Gasteiger partial charge in [0.2, 0.25) is 0 Å². The minimum absolute atomic E-state index is 0.174. The molecule has 0 fully saturated rings. The van der Waals surface area contributed by atoms with E-state index in [-0.39, 0.29) is 6.29 Å². The van der Waals surface area contributed by atoms with Crippen molar-refractivity contribution in [1.29, 1.82) is 0 Å². The van der Waals surface area contributed by atoms with E-state index in [1.807, 2.05) is 51.1 Å².